The topological polar surface area (TPSA) is 46.5 Å². The van der Waals surface area contributed by atoms with E-state index >= 15 is 0 Å². The highest BCUT2D eigenvalue weighted by atomic mass is 19.4. The van der Waals surface area contributed by atoms with Crippen molar-refractivity contribution in [2.45, 2.75) is 110 Å². The Kier molecular flexibility index (Phi) is 8.50. The summed E-state index contributed by atoms with van der Waals surface area (Å²) in [5, 5.41) is 9.28. The van der Waals surface area contributed by atoms with Crippen molar-refractivity contribution >= 4 is 5.97 Å². The van der Waals surface area contributed by atoms with Crippen LogP contribution >= 0.6 is 0 Å². The summed E-state index contributed by atoms with van der Waals surface area (Å²) in [6.07, 6.45) is -15.8. The molecule has 4 bridgehead atoms. The molecule has 1 N–H and O–H groups in total. The maximum Gasteiger partial charge on any atom is 0.426 e. The zero-order valence-electron chi connectivity index (χ0n) is 23.9. The second-order valence-corrected chi connectivity index (χ2v) is 13.9. The van der Waals surface area contributed by atoms with E-state index in [0.29, 0.717) is 25.2 Å². The quantitative estimate of drug-likeness (QED) is 0.263. The van der Waals surface area contributed by atoms with E-state index in [0.717, 1.165) is 0 Å². The third-order valence-corrected chi connectivity index (χ3v) is 10.8. The molecule has 0 radical (unpaired) electrons. The number of halogens is 9. The van der Waals surface area contributed by atoms with E-state index in [-0.39, 0.29) is 41.9 Å². The van der Waals surface area contributed by atoms with Crippen LogP contribution in [0.2, 0.25) is 0 Å². The van der Waals surface area contributed by atoms with Crippen LogP contribution < -0.4 is 0 Å². The Morgan fingerprint density at radius 2 is 1.27 bits per heavy atom. The van der Waals surface area contributed by atoms with Gasteiger partial charge in [0.15, 0.2) is 5.41 Å². The maximum absolute atomic E-state index is 13.7. The van der Waals surface area contributed by atoms with Crippen LogP contribution in [-0.2, 0) is 9.53 Å². The minimum absolute atomic E-state index is 0.0239. The van der Waals surface area contributed by atoms with Crippen molar-refractivity contribution < 1.29 is 54.2 Å². The standard InChI is InChI=1S/C15H23F3O2.C13H18F6O/c1-8-9(2)11-6-10(8)7-14(11,15(16,17)18)12(19)20-13(3,4)5;1-6-7(2)10-4-8(6)3-9(10)5-11(20,12(14,15)16)13(17,18)19/h8-11H,6-7H2,1-5H3;6-10,20H,3-5H2,1-2H3. The highest BCUT2D eigenvalue weighted by molar-refractivity contribution is 5.79. The number of alkyl halides is 9. The van der Waals surface area contributed by atoms with Crippen molar-refractivity contribution in [1.82, 2.24) is 0 Å². The number of carbonyl (C=O) groups is 1. The molecule has 40 heavy (non-hydrogen) atoms. The lowest BCUT2D eigenvalue weighted by Crippen LogP contribution is -2.58. The number of ether oxygens (including phenoxy) is 1. The number of esters is 1. The van der Waals surface area contributed by atoms with E-state index in [2.05, 4.69) is 0 Å². The summed E-state index contributed by atoms with van der Waals surface area (Å²) in [6, 6.07) is 0. The molecule has 0 aromatic rings. The lowest BCUT2D eigenvalue weighted by Gasteiger charge is -2.43. The molecule has 0 aliphatic heterocycles. The van der Waals surface area contributed by atoms with Crippen LogP contribution in [-0.4, -0.2) is 40.8 Å². The van der Waals surface area contributed by atoms with Gasteiger partial charge in [-0.15, -0.1) is 0 Å². The smallest absolute Gasteiger partial charge is 0.426 e. The summed E-state index contributed by atoms with van der Waals surface area (Å²) in [5.41, 5.74) is -7.78. The number of hydrogen-bond donors (Lipinski definition) is 1. The third-order valence-electron chi connectivity index (χ3n) is 10.8. The second-order valence-electron chi connectivity index (χ2n) is 13.9. The molecule has 4 aliphatic carbocycles. The predicted molar refractivity (Wildman–Crippen MR) is 129 cm³/mol. The van der Waals surface area contributed by atoms with Gasteiger partial charge in [-0.3, -0.25) is 4.79 Å². The van der Waals surface area contributed by atoms with E-state index in [4.69, 9.17) is 4.74 Å². The van der Waals surface area contributed by atoms with E-state index in [1.807, 2.05) is 27.7 Å². The Bertz CT molecular complexity index is 917. The predicted octanol–water partition coefficient (Wildman–Crippen LogP) is 8.35. The van der Waals surface area contributed by atoms with Gasteiger partial charge in [0.05, 0.1) is 0 Å². The molecule has 12 heteroatoms. The van der Waals surface area contributed by atoms with Gasteiger partial charge in [-0.05, 0) is 106 Å². The largest absolute Gasteiger partial charge is 0.459 e. The molecule has 4 aliphatic rings. The van der Waals surface area contributed by atoms with Crippen LogP contribution in [0.3, 0.4) is 0 Å². The highest BCUT2D eigenvalue weighted by Gasteiger charge is 2.74. The number of carbonyl (C=O) groups excluding carboxylic acids is 1. The van der Waals surface area contributed by atoms with Gasteiger partial charge in [0.2, 0.25) is 0 Å². The molecule has 3 nitrogen and oxygen atoms in total. The minimum atomic E-state index is -5.69. The van der Waals surface area contributed by atoms with Gasteiger partial charge >= 0.3 is 24.5 Å². The number of aliphatic hydroxyl groups is 1. The first-order valence-corrected chi connectivity index (χ1v) is 13.9. The maximum atomic E-state index is 13.7. The van der Waals surface area contributed by atoms with E-state index in [1.54, 1.807) is 20.8 Å². The van der Waals surface area contributed by atoms with Gasteiger partial charge in [0.25, 0.3) is 5.60 Å². The molecular weight excluding hydrogens is 555 g/mol. The Morgan fingerprint density at radius 3 is 1.62 bits per heavy atom. The zero-order valence-corrected chi connectivity index (χ0v) is 23.9. The molecule has 4 rings (SSSR count). The van der Waals surface area contributed by atoms with Crippen molar-refractivity contribution in [3.8, 4) is 0 Å². The molecule has 0 heterocycles. The second kappa shape index (κ2) is 10.2. The van der Waals surface area contributed by atoms with Gasteiger partial charge < -0.3 is 9.84 Å². The Labute approximate surface area is 229 Å². The fourth-order valence-corrected chi connectivity index (χ4v) is 8.18. The summed E-state index contributed by atoms with van der Waals surface area (Å²) >= 11 is 0. The molecule has 0 amide bonds. The van der Waals surface area contributed by atoms with Gasteiger partial charge in [0.1, 0.15) is 5.60 Å². The number of hydrogen-bond acceptors (Lipinski definition) is 3. The summed E-state index contributed by atoms with van der Waals surface area (Å²) in [5.74, 6) is -1.81. The normalized spacial score (nSPS) is 39.8. The monoisotopic (exact) mass is 596 g/mol. The van der Waals surface area contributed by atoms with Crippen LogP contribution in [0, 0.1) is 58.7 Å². The number of fused-ring (bicyclic) bond motifs is 4. The Morgan fingerprint density at radius 1 is 0.775 bits per heavy atom. The van der Waals surface area contributed by atoms with Gasteiger partial charge in [-0.25, -0.2) is 0 Å². The van der Waals surface area contributed by atoms with Gasteiger partial charge in [0, 0.05) is 0 Å². The molecule has 4 fully saturated rings. The van der Waals surface area contributed by atoms with Crippen molar-refractivity contribution in [2.75, 3.05) is 0 Å². The van der Waals surface area contributed by atoms with Gasteiger partial charge in [-0.2, -0.15) is 39.5 Å². The molecule has 234 valence electrons. The molecule has 0 aromatic heterocycles. The summed E-state index contributed by atoms with van der Waals surface area (Å²) in [6.45, 7) is 12.5. The van der Waals surface area contributed by atoms with Crippen molar-refractivity contribution in [3.05, 3.63) is 0 Å². The fourth-order valence-electron chi connectivity index (χ4n) is 8.18. The summed E-state index contributed by atoms with van der Waals surface area (Å²) in [4.78, 5) is 12.3. The van der Waals surface area contributed by atoms with Crippen LogP contribution in [0.4, 0.5) is 39.5 Å². The van der Waals surface area contributed by atoms with Crippen LogP contribution in [0.15, 0.2) is 0 Å². The van der Waals surface area contributed by atoms with Crippen molar-refractivity contribution in [1.29, 1.82) is 0 Å². The first-order valence-electron chi connectivity index (χ1n) is 13.9. The van der Waals surface area contributed by atoms with Crippen LogP contribution in [0.5, 0.6) is 0 Å². The molecule has 10 unspecified atom stereocenters. The molecule has 4 saturated carbocycles. The fraction of sp³-hybridized carbons (Fsp3) is 0.964. The van der Waals surface area contributed by atoms with Gasteiger partial charge in [-0.1, -0.05) is 27.7 Å². The molecule has 10 atom stereocenters. The van der Waals surface area contributed by atoms with E-state index in [1.165, 1.54) is 0 Å². The lowest BCUT2D eigenvalue weighted by atomic mass is 9.65. The first kappa shape index (κ1) is 33.3. The van der Waals surface area contributed by atoms with Crippen molar-refractivity contribution in [3.63, 3.8) is 0 Å². The van der Waals surface area contributed by atoms with Crippen LogP contribution in [0.25, 0.3) is 0 Å². The Balaban J connectivity index is 0.000000220. The Hall–Kier alpha value is -1.20. The number of rotatable bonds is 3. The zero-order chi connectivity index (χ0) is 31.0. The molecule has 0 saturated heterocycles. The van der Waals surface area contributed by atoms with E-state index < -0.39 is 59.4 Å². The average Bonchev–Trinajstić information content (AvgIpc) is 3.48. The van der Waals surface area contributed by atoms with Crippen LogP contribution in [0.1, 0.15) is 80.6 Å². The summed E-state index contributed by atoms with van der Waals surface area (Å²) in [7, 11) is 0. The average molecular weight is 597 g/mol. The summed E-state index contributed by atoms with van der Waals surface area (Å²) < 4.78 is 122. The minimum Gasteiger partial charge on any atom is -0.459 e. The van der Waals surface area contributed by atoms with E-state index in [9.17, 15) is 49.4 Å². The SMILES string of the molecule is CC1C2CC(C1C)C(C(=O)OC(C)(C)C)(C(F)(F)F)C2.CC1C2CC(CC(O)(C(F)(F)F)C(F)(F)F)C(C2)C1C. The lowest BCUT2D eigenvalue weighted by molar-refractivity contribution is -0.373. The molecule has 0 spiro atoms. The van der Waals surface area contributed by atoms with Crippen molar-refractivity contribution in [2.24, 2.45) is 58.7 Å². The molecular formula is C28H41F9O3. The molecule has 0 aromatic carbocycles. The highest BCUT2D eigenvalue weighted by Crippen LogP contribution is 2.67. The first-order chi connectivity index (χ1) is 17.8. The third kappa shape index (κ3) is 5.48.